The number of hydrogen-bond acceptors (Lipinski definition) is 3. The van der Waals surface area contributed by atoms with Crippen molar-refractivity contribution >= 4 is 0 Å². The fraction of sp³-hybridized carbons (Fsp3) is 0.625. The van der Waals surface area contributed by atoms with E-state index in [0.29, 0.717) is 5.92 Å². The number of H-pyrrole nitrogens is 1. The van der Waals surface area contributed by atoms with Crippen LogP contribution < -0.4 is 11.3 Å². The minimum Gasteiger partial charge on any atom is -0.347 e. The molecule has 0 aromatic carbocycles. The third-order valence-electron chi connectivity index (χ3n) is 2.61. The molecule has 1 aliphatic rings. The maximum absolute atomic E-state index is 5.46. The van der Waals surface area contributed by atoms with Gasteiger partial charge in [0.15, 0.2) is 0 Å². The molecule has 0 aliphatic heterocycles. The highest BCUT2D eigenvalue weighted by molar-refractivity contribution is 4.99. The Bertz CT molecular complexity index is 227. The largest absolute Gasteiger partial charge is 0.347 e. The second-order valence-corrected chi connectivity index (χ2v) is 3.31. The molecular formula is C8H14N4. The summed E-state index contributed by atoms with van der Waals surface area (Å²) in [5, 5.41) is 0. The number of rotatable bonds is 3. The van der Waals surface area contributed by atoms with Crippen LogP contribution in [0, 0.1) is 5.92 Å². The van der Waals surface area contributed by atoms with Crippen molar-refractivity contribution in [3.8, 4) is 0 Å². The standard InChI is InChI=1S/C8H14N4/c9-12-7(6-2-1-3-6)8-10-4-5-11-8/h4-7,12H,1-3,9H2,(H,10,11). The molecule has 4 N–H and O–H groups in total. The Labute approximate surface area is 71.5 Å². The number of aromatic amines is 1. The van der Waals surface area contributed by atoms with Gasteiger partial charge in [0.2, 0.25) is 0 Å². The molecule has 2 rings (SSSR count). The van der Waals surface area contributed by atoms with Crippen LogP contribution in [0.5, 0.6) is 0 Å². The van der Waals surface area contributed by atoms with Crippen molar-refractivity contribution in [3.05, 3.63) is 18.2 Å². The van der Waals surface area contributed by atoms with E-state index in [9.17, 15) is 0 Å². The Hall–Kier alpha value is -0.870. The molecule has 1 fully saturated rings. The van der Waals surface area contributed by atoms with Gasteiger partial charge in [0.1, 0.15) is 5.82 Å². The number of nitrogens with one attached hydrogen (secondary N) is 2. The van der Waals surface area contributed by atoms with Crippen molar-refractivity contribution in [2.75, 3.05) is 0 Å². The van der Waals surface area contributed by atoms with Crippen LogP contribution in [-0.2, 0) is 0 Å². The summed E-state index contributed by atoms with van der Waals surface area (Å²) in [6.07, 6.45) is 7.44. The molecule has 1 aromatic rings. The molecule has 1 aliphatic carbocycles. The van der Waals surface area contributed by atoms with Crippen LogP contribution in [-0.4, -0.2) is 9.97 Å². The average Bonchev–Trinajstić information content (AvgIpc) is 2.47. The van der Waals surface area contributed by atoms with E-state index in [4.69, 9.17) is 5.84 Å². The summed E-state index contributed by atoms with van der Waals surface area (Å²) in [5.74, 6) is 7.09. The van der Waals surface area contributed by atoms with Crippen LogP contribution in [0.3, 0.4) is 0 Å². The van der Waals surface area contributed by atoms with Gasteiger partial charge in [-0.05, 0) is 18.8 Å². The average molecular weight is 166 g/mol. The second-order valence-electron chi connectivity index (χ2n) is 3.31. The molecule has 0 amide bonds. The number of imidazole rings is 1. The molecule has 1 atom stereocenters. The van der Waals surface area contributed by atoms with Crippen molar-refractivity contribution in [1.29, 1.82) is 0 Å². The van der Waals surface area contributed by atoms with Crippen LogP contribution in [0.4, 0.5) is 0 Å². The predicted molar refractivity (Wildman–Crippen MR) is 46.0 cm³/mol. The van der Waals surface area contributed by atoms with Crippen molar-refractivity contribution in [3.63, 3.8) is 0 Å². The summed E-state index contributed by atoms with van der Waals surface area (Å²) in [6.45, 7) is 0. The van der Waals surface area contributed by atoms with Crippen LogP contribution in [0.15, 0.2) is 12.4 Å². The van der Waals surface area contributed by atoms with Gasteiger partial charge in [-0.2, -0.15) is 0 Å². The topological polar surface area (TPSA) is 66.7 Å². The first-order chi connectivity index (χ1) is 5.92. The number of hydrogen-bond donors (Lipinski definition) is 3. The third kappa shape index (κ3) is 1.23. The monoisotopic (exact) mass is 166 g/mol. The first-order valence-corrected chi connectivity index (χ1v) is 4.37. The van der Waals surface area contributed by atoms with Gasteiger partial charge in [-0.25, -0.2) is 10.4 Å². The van der Waals surface area contributed by atoms with Crippen molar-refractivity contribution in [2.45, 2.75) is 25.3 Å². The zero-order valence-corrected chi connectivity index (χ0v) is 6.96. The van der Waals surface area contributed by atoms with E-state index in [1.807, 2.05) is 6.20 Å². The molecule has 4 nitrogen and oxygen atoms in total. The lowest BCUT2D eigenvalue weighted by atomic mass is 9.79. The van der Waals surface area contributed by atoms with Crippen molar-refractivity contribution in [1.82, 2.24) is 15.4 Å². The molecule has 0 saturated heterocycles. The molecule has 0 bridgehead atoms. The Morgan fingerprint density at radius 2 is 2.50 bits per heavy atom. The van der Waals surface area contributed by atoms with E-state index < -0.39 is 0 Å². The Morgan fingerprint density at radius 1 is 1.67 bits per heavy atom. The smallest absolute Gasteiger partial charge is 0.124 e. The van der Waals surface area contributed by atoms with E-state index in [0.717, 1.165) is 5.82 Å². The summed E-state index contributed by atoms with van der Waals surface area (Å²) in [7, 11) is 0. The maximum atomic E-state index is 5.46. The quantitative estimate of drug-likeness (QED) is 0.457. The SMILES string of the molecule is NNC(c1ncc[nH]1)C1CCC1. The van der Waals surface area contributed by atoms with Gasteiger partial charge >= 0.3 is 0 Å². The maximum Gasteiger partial charge on any atom is 0.124 e. The second kappa shape index (κ2) is 3.25. The Morgan fingerprint density at radius 3 is 2.92 bits per heavy atom. The molecule has 66 valence electrons. The minimum absolute atomic E-state index is 0.216. The number of nitrogens with two attached hydrogens (primary N) is 1. The molecular weight excluding hydrogens is 152 g/mol. The van der Waals surface area contributed by atoms with E-state index in [-0.39, 0.29) is 6.04 Å². The number of aromatic nitrogens is 2. The molecule has 0 radical (unpaired) electrons. The first-order valence-electron chi connectivity index (χ1n) is 4.37. The normalized spacial score (nSPS) is 20.4. The summed E-state index contributed by atoms with van der Waals surface area (Å²) in [4.78, 5) is 7.28. The zero-order valence-electron chi connectivity index (χ0n) is 6.96. The Balaban J connectivity index is 2.07. The van der Waals surface area contributed by atoms with E-state index in [1.54, 1.807) is 6.20 Å². The van der Waals surface area contributed by atoms with Crippen LogP contribution in [0.1, 0.15) is 31.1 Å². The molecule has 0 spiro atoms. The lowest BCUT2D eigenvalue weighted by Crippen LogP contribution is -2.37. The van der Waals surface area contributed by atoms with E-state index in [1.165, 1.54) is 19.3 Å². The molecule has 1 saturated carbocycles. The minimum atomic E-state index is 0.216. The van der Waals surface area contributed by atoms with Crippen LogP contribution in [0.25, 0.3) is 0 Å². The summed E-state index contributed by atoms with van der Waals surface area (Å²) in [5.41, 5.74) is 2.81. The Kier molecular flexibility index (Phi) is 2.10. The summed E-state index contributed by atoms with van der Waals surface area (Å²) < 4.78 is 0. The van der Waals surface area contributed by atoms with Crippen molar-refractivity contribution in [2.24, 2.45) is 11.8 Å². The van der Waals surface area contributed by atoms with Crippen molar-refractivity contribution < 1.29 is 0 Å². The lowest BCUT2D eigenvalue weighted by molar-refractivity contribution is 0.225. The van der Waals surface area contributed by atoms with Crippen LogP contribution in [0.2, 0.25) is 0 Å². The number of nitrogens with zero attached hydrogens (tertiary/aromatic N) is 1. The summed E-state index contributed by atoms with van der Waals surface area (Å²) in [6, 6.07) is 0.216. The molecule has 1 unspecified atom stereocenters. The van der Waals surface area contributed by atoms with Gasteiger partial charge in [0.05, 0.1) is 6.04 Å². The fourth-order valence-corrected chi connectivity index (χ4v) is 1.66. The van der Waals surface area contributed by atoms with Gasteiger partial charge in [0, 0.05) is 12.4 Å². The molecule has 1 aromatic heterocycles. The van der Waals surface area contributed by atoms with Gasteiger partial charge in [-0.1, -0.05) is 6.42 Å². The fourth-order valence-electron chi connectivity index (χ4n) is 1.66. The number of hydrazine groups is 1. The summed E-state index contributed by atoms with van der Waals surface area (Å²) >= 11 is 0. The van der Waals surface area contributed by atoms with Crippen LogP contribution >= 0.6 is 0 Å². The predicted octanol–water partition coefficient (Wildman–Crippen LogP) is 0.714. The highest BCUT2D eigenvalue weighted by atomic mass is 15.3. The molecule has 12 heavy (non-hydrogen) atoms. The zero-order chi connectivity index (χ0) is 8.39. The highest BCUT2D eigenvalue weighted by Gasteiger charge is 2.28. The van der Waals surface area contributed by atoms with Gasteiger partial charge in [-0.3, -0.25) is 5.84 Å². The van der Waals surface area contributed by atoms with Gasteiger partial charge in [0.25, 0.3) is 0 Å². The molecule has 1 heterocycles. The van der Waals surface area contributed by atoms with Gasteiger partial charge < -0.3 is 4.98 Å². The third-order valence-corrected chi connectivity index (χ3v) is 2.61. The van der Waals surface area contributed by atoms with E-state index >= 15 is 0 Å². The molecule has 4 heteroatoms. The highest BCUT2D eigenvalue weighted by Crippen LogP contribution is 2.35. The van der Waals surface area contributed by atoms with Gasteiger partial charge in [-0.15, -0.1) is 0 Å². The van der Waals surface area contributed by atoms with E-state index in [2.05, 4.69) is 15.4 Å². The lowest BCUT2D eigenvalue weighted by Gasteiger charge is -2.31. The first kappa shape index (κ1) is 7.76.